The van der Waals surface area contributed by atoms with Crippen LogP contribution in [0.1, 0.15) is 41.6 Å². The van der Waals surface area contributed by atoms with Crippen molar-refractivity contribution in [3.8, 4) is 17.1 Å². The lowest BCUT2D eigenvalue weighted by Crippen LogP contribution is -2.33. The van der Waals surface area contributed by atoms with Crippen molar-refractivity contribution in [1.29, 1.82) is 0 Å². The van der Waals surface area contributed by atoms with Crippen LogP contribution in [0.5, 0.6) is 5.75 Å². The highest BCUT2D eigenvalue weighted by Gasteiger charge is 2.16. The average molecular weight is 421 g/mol. The van der Waals surface area contributed by atoms with E-state index in [4.69, 9.17) is 9.26 Å². The second-order valence-corrected chi connectivity index (χ2v) is 8.11. The molecule has 0 spiro atoms. The Labute approximate surface area is 182 Å². The first-order valence-electron chi connectivity index (χ1n) is 10.7. The third-order valence-electron chi connectivity index (χ3n) is 5.56. The van der Waals surface area contributed by atoms with Gasteiger partial charge in [-0.25, -0.2) is 0 Å². The zero-order valence-electron chi connectivity index (χ0n) is 18.0. The van der Waals surface area contributed by atoms with Crippen molar-refractivity contribution in [2.24, 2.45) is 5.92 Å². The number of carbonyl (C=O) groups excluding carboxylic acids is 1. The summed E-state index contributed by atoms with van der Waals surface area (Å²) in [7, 11) is 1.61. The first kappa shape index (κ1) is 21.1. The number of aromatic nitrogens is 2. The van der Waals surface area contributed by atoms with Crippen LogP contribution in [0.2, 0.25) is 0 Å². The van der Waals surface area contributed by atoms with Crippen molar-refractivity contribution in [3.63, 3.8) is 0 Å². The summed E-state index contributed by atoms with van der Waals surface area (Å²) < 4.78 is 10.5. The van der Waals surface area contributed by atoms with Crippen LogP contribution in [0, 0.1) is 5.92 Å². The molecule has 7 nitrogen and oxygen atoms in total. The highest BCUT2D eigenvalue weighted by molar-refractivity contribution is 5.94. The standard InChI is InChI=1S/C24H28N4O3/c1-17-5-4-12-28(15-17)16-18-8-10-19(11-9-18)24(29)25-14-22-26-23(27-31-22)20-6-3-7-21(13-20)30-2/h3,6-11,13,17H,4-5,12,14-16H2,1-2H3,(H,25,29)/t17-/m0/s1. The van der Waals surface area contributed by atoms with E-state index in [1.807, 2.05) is 48.5 Å². The second-order valence-electron chi connectivity index (χ2n) is 8.11. The number of methoxy groups -OCH3 is 1. The van der Waals surface area contributed by atoms with E-state index in [0.717, 1.165) is 36.9 Å². The first-order chi connectivity index (χ1) is 15.1. The molecule has 1 atom stereocenters. The maximum Gasteiger partial charge on any atom is 0.251 e. The second kappa shape index (κ2) is 9.75. The molecule has 3 aromatic rings. The summed E-state index contributed by atoms with van der Waals surface area (Å²) in [6.45, 7) is 5.70. The lowest BCUT2D eigenvalue weighted by Gasteiger charge is -2.30. The number of nitrogens with zero attached hydrogens (tertiary/aromatic N) is 3. The van der Waals surface area contributed by atoms with Crippen LogP contribution in [0.4, 0.5) is 0 Å². The fourth-order valence-corrected chi connectivity index (χ4v) is 3.91. The Morgan fingerprint density at radius 3 is 2.87 bits per heavy atom. The normalized spacial score (nSPS) is 16.8. The van der Waals surface area contributed by atoms with E-state index >= 15 is 0 Å². The molecule has 1 amide bonds. The Hall–Kier alpha value is -3.19. The van der Waals surface area contributed by atoms with Crippen LogP contribution in [0.3, 0.4) is 0 Å². The van der Waals surface area contributed by atoms with Gasteiger partial charge in [-0.3, -0.25) is 9.69 Å². The van der Waals surface area contributed by atoms with E-state index < -0.39 is 0 Å². The highest BCUT2D eigenvalue weighted by atomic mass is 16.5. The maximum absolute atomic E-state index is 12.5. The molecule has 0 saturated carbocycles. The zero-order chi connectivity index (χ0) is 21.6. The van der Waals surface area contributed by atoms with E-state index in [1.165, 1.54) is 18.4 Å². The molecule has 162 valence electrons. The number of carbonyl (C=O) groups is 1. The number of nitrogens with one attached hydrogen (secondary N) is 1. The van der Waals surface area contributed by atoms with Crippen molar-refractivity contribution in [3.05, 3.63) is 65.5 Å². The van der Waals surface area contributed by atoms with Crippen LogP contribution in [0.25, 0.3) is 11.4 Å². The molecule has 2 aromatic carbocycles. The van der Waals surface area contributed by atoms with E-state index in [9.17, 15) is 4.79 Å². The number of hydrogen-bond donors (Lipinski definition) is 1. The smallest absolute Gasteiger partial charge is 0.251 e. The minimum atomic E-state index is -0.167. The largest absolute Gasteiger partial charge is 0.497 e. The van der Waals surface area contributed by atoms with Gasteiger partial charge in [-0.1, -0.05) is 36.3 Å². The molecule has 1 saturated heterocycles. The molecule has 31 heavy (non-hydrogen) atoms. The average Bonchev–Trinajstić information content (AvgIpc) is 3.27. The SMILES string of the molecule is COc1cccc(-c2noc(CNC(=O)c3ccc(CN4CCC[C@H](C)C4)cc3)n2)c1. The molecule has 1 aliphatic rings. The van der Waals surface area contributed by atoms with E-state index in [-0.39, 0.29) is 12.5 Å². The van der Waals surface area contributed by atoms with Crippen LogP contribution >= 0.6 is 0 Å². The van der Waals surface area contributed by atoms with E-state index in [2.05, 4.69) is 27.3 Å². The van der Waals surface area contributed by atoms with Crippen molar-refractivity contribution in [2.75, 3.05) is 20.2 Å². The lowest BCUT2D eigenvalue weighted by atomic mass is 9.99. The quantitative estimate of drug-likeness (QED) is 0.624. The van der Waals surface area contributed by atoms with Gasteiger partial charge in [0, 0.05) is 24.2 Å². The van der Waals surface area contributed by atoms with Crippen molar-refractivity contribution in [2.45, 2.75) is 32.9 Å². The van der Waals surface area contributed by atoms with Crippen molar-refractivity contribution >= 4 is 5.91 Å². The molecule has 2 heterocycles. The third-order valence-corrected chi connectivity index (χ3v) is 5.56. The summed E-state index contributed by atoms with van der Waals surface area (Å²) in [6, 6.07) is 15.2. The van der Waals surface area contributed by atoms with Crippen molar-refractivity contribution in [1.82, 2.24) is 20.4 Å². The van der Waals surface area contributed by atoms with E-state index in [0.29, 0.717) is 17.3 Å². The van der Waals surface area contributed by atoms with Gasteiger partial charge in [-0.2, -0.15) is 4.98 Å². The van der Waals surface area contributed by atoms with Crippen LogP contribution < -0.4 is 10.1 Å². The molecular formula is C24H28N4O3. The molecule has 0 bridgehead atoms. The summed E-state index contributed by atoms with van der Waals surface area (Å²) in [4.78, 5) is 19.3. The van der Waals surface area contributed by atoms with Gasteiger partial charge in [-0.05, 0) is 55.1 Å². The number of rotatable bonds is 7. The van der Waals surface area contributed by atoms with Gasteiger partial charge in [-0.15, -0.1) is 0 Å². The summed E-state index contributed by atoms with van der Waals surface area (Å²) in [5, 5.41) is 6.83. The molecule has 4 rings (SSSR count). The number of benzene rings is 2. The predicted molar refractivity (Wildman–Crippen MR) is 118 cm³/mol. The first-order valence-corrected chi connectivity index (χ1v) is 10.7. The molecular weight excluding hydrogens is 392 g/mol. The van der Waals surface area contributed by atoms with Gasteiger partial charge in [0.25, 0.3) is 5.91 Å². The Kier molecular flexibility index (Phi) is 6.62. The molecule has 1 aromatic heterocycles. The van der Waals surface area contributed by atoms with Gasteiger partial charge < -0.3 is 14.6 Å². The fourth-order valence-electron chi connectivity index (χ4n) is 3.91. The molecule has 0 unspecified atom stereocenters. The van der Waals surface area contributed by atoms with Gasteiger partial charge in [0.2, 0.25) is 11.7 Å². The molecule has 0 radical (unpaired) electrons. The van der Waals surface area contributed by atoms with E-state index in [1.54, 1.807) is 7.11 Å². The summed E-state index contributed by atoms with van der Waals surface area (Å²) in [5.41, 5.74) is 2.63. The Morgan fingerprint density at radius 1 is 1.26 bits per heavy atom. The zero-order valence-corrected chi connectivity index (χ0v) is 18.0. The summed E-state index contributed by atoms with van der Waals surface area (Å²) in [6.07, 6.45) is 2.58. The number of piperidine rings is 1. The number of amides is 1. The number of ether oxygens (including phenoxy) is 1. The minimum Gasteiger partial charge on any atom is -0.497 e. The predicted octanol–water partition coefficient (Wildman–Crippen LogP) is 3.91. The molecule has 1 aliphatic heterocycles. The Balaban J connectivity index is 1.31. The molecule has 0 aliphatic carbocycles. The Bertz CT molecular complexity index is 1020. The summed E-state index contributed by atoms with van der Waals surface area (Å²) in [5.74, 6) is 2.11. The summed E-state index contributed by atoms with van der Waals surface area (Å²) >= 11 is 0. The number of likely N-dealkylation sites (tertiary alicyclic amines) is 1. The maximum atomic E-state index is 12.5. The van der Waals surface area contributed by atoms with Gasteiger partial charge in [0.05, 0.1) is 13.7 Å². The molecule has 7 heteroatoms. The van der Waals surface area contributed by atoms with Crippen molar-refractivity contribution < 1.29 is 14.1 Å². The Morgan fingerprint density at radius 2 is 2.10 bits per heavy atom. The highest BCUT2D eigenvalue weighted by Crippen LogP contribution is 2.21. The van der Waals surface area contributed by atoms with Crippen LogP contribution in [0.15, 0.2) is 53.1 Å². The lowest BCUT2D eigenvalue weighted by molar-refractivity contribution is 0.0946. The third kappa shape index (κ3) is 5.49. The molecule has 1 N–H and O–H groups in total. The number of hydrogen-bond acceptors (Lipinski definition) is 6. The van der Waals surface area contributed by atoms with Gasteiger partial charge >= 0.3 is 0 Å². The minimum absolute atomic E-state index is 0.167. The van der Waals surface area contributed by atoms with Crippen LogP contribution in [-0.4, -0.2) is 41.1 Å². The topological polar surface area (TPSA) is 80.5 Å². The van der Waals surface area contributed by atoms with Crippen LogP contribution in [-0.2, 0) is 13.1 Å². The molecule has 1 fully saturated rings. The fraction of sp³-hybridized carbons (Fsp3) is 0.375. The van der Waals surface area contributed by atoms with Gasteiger partial charge in [0.1, 0.15) is 5.75 Å². The van der Waals surface area contributed by atoms with Gasteiger partial charge in [0.15, 0.2) is 0 Å². The monoisotopic (exact) mass is 420 g/mol.